The molecule has 0 spiro atoms. The van der Waals surface area contributed by atoms with Crippen molar-refractivity contribution in [3.8, 4) is 28.7 Å². The summed E-state index contributed by atoms with van der Waals surface area (Å²) in [6, 6.07) is -9.81. The number of benzene rings is 2. The molecule has 1 saturated heterocycles. The minimum absolute atomic E-state index is 0.0402. The fourth-order valence-electron chi connectivity index (χ4n) is 6.65. The number of rotatable bonds is 9. The van der Waals surface area contributed by atoms with Crippen molar-refractivity contribution in [2.75, 3.05) is 33.2 Å². The lowest BCUT2D eigenvalue weighted by Gasteiger charge is -2.50. The van der Waals surface area contributed by atoms with Gasteiger partial charge < -0.3 is 66.0 Å². The molecule has 3 atom stereocenters. The van der Waals surface area contributed by atoms with Gasteiger partial charge in [-0.2, -0.15) is 30.7 Å². The average molecular weight is 809 g/mol. The summed E-state index contributed by atoms with van der Waals surface area (Å²) in [5, 5.41) is 118. The number of aliphatic hydroxyl groups excluding tert-OH is 2. The lowest BCUT2D eigenvalue weighted by molar-refractivity contribution is -0.302. The zero-order chi connectivity index (χ0) is 42.6. The summed E-state index contributed by atoms with van der Waals surface area (Å²) >= 11 is 0. The predicted octanol–water partition coefficient (Wildman–Crippen LogP) is 0.957. The number of nitrogens with zero attached hydrogens (tertiary/aromatic N) is 4. The summed E-state index contributed by atoms with van der Waals surface area (Å²) in [4.78, 5) is 28.0. The van der Waals surface area contributed by atoms with Crippen LogP contribution in [0.5, 0.6) is 28.7 Å². The summed E-state index contributed by atoms with van der Waals surface area (Å²) in [5.74, 6) is -16.0. The standard InChI is InChI=1S/C31H39F7N4O13/c1-10-14(11(2)20(45)18(32)19(10)44)24(29(54,55)25(26(49)50)41-8-6-40(7-9-41)13(4)43)42(28(52)53)27(51)39(5)12(3)15-21(46)16(30(33,34)35)23(48)17(22(15)47)31(36,37)38/h12,24-26,28,44-50,52-55H,6-9H2,1-5H3. The van der Waals surface area contributed by atoms with Gasteiger partial charge in [0, 0.05) is 40.2 Å². The van der Waals surface area contributed by atoms with Gasteiger partial charge in [-0.25, -0.2) is 4.79 Å². The minimum Gasteiger partial charge on any atom is -0.507 e. The highest BCUT2D eigenvalue weighted by atomic mass is 19.4. The van der Waals surface area contributed by atoms with Gasteiger partial charge in [-0.3, -0.25) is 14.6 Å². The molecule has 2 aromatic carbocycles. The lowest BCUT2D eigenvalue weighted by Crippen LogP contribution is -2.68. The third kappa shape index (κ3) is 8.06. The summed E-state index contributed by atoms with van der Waals surface area (Å²) in [5.41, 5.74) is -9.56. The van der Waals surface area contributed by atoms with Crippen molar-refractivity contribution in [3.63, 3.8) is 0 Å². The van der Waals surface area contributed by atoms with Crippen LogP contribution in [-0.4, -0.2) is 145 Å². The molecule has 1 fully saturated rings. The van der Waals surface area contributed by atoms with Crippen LogP contribution >= 0.6 is 0 Å². The van der Waals surface area contributed by atoms with Gasteiger partial charge in [0.15, 0.2) is 17.8 Å². The Morgan fingerprint density at radius 1 is 0.727 bits per heavy atom. The molecule has 1 aliphatic rings. The Labute approximate surface area is 306 Å². The van der Waals surface area contributed by atoms with Crippen molar-refractivity contribution in [1.82, 2.24) is 19.6 Å². The smallest absolute Gasteiger partial charge is 0.423 e. The number of aliphatic hydroxyl groups is 6. The van der Waals surface area contributed by atoms with E-state index < -0.39 is 129 Å². The van der Waals surface area contributed by atoms with Gasteiger partial charge in [0.25, 0.3) is 0 Å². The highest BCUT2D eigenvalue weighted by molar-refractivity contribution is 5.77. The fraction of sp³-hybridized carbons (Fsp3) is 0.548. The number of halogens is 7. The molecule has 1 heterocycles. The van der Waals surface area contributed by atoms with E-state index in [2.05, 4.69) is 0 Å². The van der Waals surface area contributed by atoms with Gasteiger partial charge in [-0.1, -0.05) is 0 Å². The van der Waals surface area contributed by atoms with Gasteiger partial charge in [-0.15, -0.1) is 0 Å². The molecule has 3 rings (SSSR count). The largest absolute Gasteiger partial charge is 0.507 e. The number of hydrogen-bond acceptors (Lipinski definition) is 14. The summed E-state index contributed by atoms with van der Waals surface area (Å²) < 4.78 is 98.1. The van der Waals surface area contributed by atoms with Crippen molar-refractivity contribution in [1.29, 1.82) is 0 Å². The zero-order valence-electron chi connectivity index (χ0n) is 29.4. The zero-order valence-corrected chi connectivity index (χ0v) is 29.4. The van der Waals surface area contributed by atoms with Crippen LogP contribution in [-0.2, 0) is 17.1 Å². The molecule has 55 heavy (non-hydrogen) atoms. The highest BCUT2D eigenvalue weighted by Crippen LogP contribution is 2.56. The third-order valence-corrected chi connectivity index (χ3v) is 9.55. The van der Waals surface area contributed by atoms with Crippen LogP contribution in [0.15, 0.2) is 0 Å². The Bertz CT molecular complexity index is 1730. The Balaban J connectivity index is 2.38. The highest BCUT2D eigenvalue weighted by Gasteiger charge is 2.56. The quantitative estimate of drug-likeness (QED) is 0.125. The predicted molar refractivity (Wildman–Crippen MR) is 168 cm³/mol. The van der Waals surface area contributed by atoms with Crippen LogP contribution in [0.25, 0.3) is 0 Å². The van der Waals surface area contributed by atoms with Crippen molar-refractivity contribution >= 4 is 11.9 Å². The molecule has 0 saturated carbocycles. The molecule has 0 aromatic heterocycles. The first-order chi connectivity index (χ1) is 24.9. The molecule has 24 heteroatoms. The number of urea groups is 1. The SMILES string of the molecule is CC(=O)N1CCN(C(C(O)O)C(O)(O)C(c2c(C)c(O)c(F)c(O)c2C)N(C(=O)N(C)C(C)c2c(O)c(C(F)(F)F)c(O)c(C(F)(F)F)c2O)C(O)O)CC1. The van der Waals surface area contributed by atoms with E-state index in [9.17, 15) is 96.5 Å². The maximum Gasteiger partial charge on any atom is 0.423 e. The van der Waals surface area contributed by atoms with Crippen LogP contribution in [0.2, 0.25) is 0 Å². The van der Waals surface area contributed by atoms with E-state index in [1.54, 1.807) is 0 Å². The molecule has 1 aliphatic heterocycles. The number of amides is 3. The molecular formula is C31H39F7N4O13. The minimum atomic E-state index is -5.93. The van der Waals surface area contributed by atoms with E-state index in [0.29, 0.717) is 14.0 Å². The van der Waals surface area contributed by atoms with E-state index in [1.807, 2.05) is 0 Å². The summed E-state index contributed by atoms with van der Waals surface area (Å²) in [6.07, 6.45) is -18.0. The van der Waals surface area contributed by atoms with Crippen LogP contribution < -0.4 is 0 Å². The van der Waals surface area contributed by atoms with Gasteiger partial charge >= 0.3 is 18.4 Å². The van der Waals surface area contributed by atoms with E-state index in [-0.39, 0.29) is 36.0 Å². The van der Waals surface area contributed by atoms with E-state index in [4.69, 9.17) is 0 Å². The van der Waals surface area contributed by atoms with Crippen LogP contribution in [0.3, 0.4) is 0 Å². The van der Waals surface area contributed by atoms with Gasteiger partial charge in [-0.05, 0) is 37.5 Å². The van der Waals surface area contributed by atoms with E-state index in [0.717, 1.165) is 18.7 Å². The number of aromatic hydroxyl groups is 5. The number of alkyl halides is 6. The van der Waals surface area contributed by atoms with Crippen molar-refractivity contribution in [2.24, 2.45) is 0 Å². The van der Waals surface area contributed by atoms with E-state index in [1.165, 1.54) is 11.8 Å². The molecule has 17 nitrogen and oxygen atoms in total. The van der Waals surface area contributed by atoms with Crippen LogP contribution in [0.1, 0.15) is 59.3 Å². The van der Waals surface area contributed by atoms with Gasteiger partial charge in [0.05, 0.1) is 11.6 Å². The first kappa shape index (κ1) is 44.8. The van der Waals surface area contributed by atoms with Crippen molar-refractivity contribution in [2.45, 2.75) is 76.7 Å². The molecule has 0 bridgehead atoms. The molecular weight excluding hydrogens is 769 g/mol. The third-order valence-electron chi connectivity index (χ3n) is 9.55. The first-order valence-electron chi connectivity index (χ1n) is 15.8. The van der Waals surface area contributed by atoms with E-state index >= 15 is 0 Å². The van der Waals surface area contributed by atoms with Crippen molar-refractivity contribution in [3.05, 3.63) is 39.2 Å². The number of hydrogen-bond donors (Lipinski definition) is 11. The number of phenols is 5. The second-order valence-corrected chi connectivity index (χ2v) is 12.8. The summed E-state index contributed by atoms with van der Waals surface area (Å²) in [7, 11) is 0.542. The molecule has 11 N–H and O–H groups in total. The second-order valence-electron chi connectivity index (χ2n) is 12.8. The van der Waals surface area contributed by atoms with Gasteiger partial charge in [0.1, 0.15) is 40.5 Å². The maximum absolute atomic E-state index is 14.8. The average Bonchev–Trinajstić information content (AvgIpc) is 3.03. The monoisotopic (exact) mass is 808 g/mol. The Morgan fingerprint density at radius 3 is 1.49 bits per heavy atom. The number of carbonyl (C=O) groups excluding carboxylic acids is 2. The molecule has 310 valence electrons. The Hall–Kier alpha value is -4.59. The normalized spacial score (nSPS) is 16.4. The second kappa shape index (κ2) is 15.5. The maximum atomic E-state index is 14.8. The number of carbonyl (C=O) groups is 2. The molecule has 0 radical (unpaired) electrons. The fourth-order valence-corrected chi connectivity index (χ4v) is 6.65. The number of phenolic OH excluding ortho intramolecular Hbond substituents is 5. The van der Waals surface area contributed by atoms with Crippen LogP contribution in [0.4, 0.5) is 35.5 Å². The van der Waals surface area contributed by atoms with Crippen LogP contribution in [0, 0.1) is 19.7 Å². The molecule has 3 amide bonds. The lowest BCUT2D eigenvalue weighted by atomic mass is 9.84. The molecule has 3 unspecified atom stereocenters. The Morgan fingerprint density at radius 2 is 1.15 bits per heavy atom. The molecule has 2 aromatic rings. The van der Waals surface area contributed by atoms with Crippen molar-refractivity contribution < 1.29 is 96.5 Å². The topological polar surface area (TPSA) is 270 Å². The number of piperazine rings is 1. The Kier molecular flexibility index (Phi) is 12.6. The van der Waals surface area contributed by atoms with Gasteiger partial charge in [0.2, 0.25) is 23.9 Å². The first-order valence-corrected chi connectivity index (χ1v) is 15.8. The summed E-state index contributed by atoms with van der Waals surface area (Å²) in [6.45, 7) is 2.48. The molecule has 0 aliphatic carbocycles.